The van der Waals surface area contributed by atoms with Crippen molar-refractivity contribution in [1.82, 2.24) is 5.32 Å². The van der Waals surface area contributed by atoms with Gasteiger partial charge in [-0.2, -0.15) is 0 Å². The number of rotatable bonds is 6. The molecule has 0 spiro atoms. The topological polar surface area (TPSA) is 30.5 Å². The maximum absolute atomic E-state index is 6.04. The average Bonchev–Trinajstić information content (AvgIpc) is 2.50. The Morgan fingerprint density at radius 3 is 2.57 bits per heavy atom. The van der Waals surface area contributed by atoms with E-state index in [2.05, 4.69) is 44.3 Å². The monoisotopic (exact) mass is 291 g/mol. The Bertz CT molecular complexity index is 453. The molecule has 1 saturated heterocycles. The smallest absolute Gasteiger partial charge is 0.0916 e. The molecule has 21 heavy (non-hydrogen) atoms. The second kappa shape index (κ2) is 7.39. The minimum Gasteiger partial charge on any atom is -0.381 e. The van der Waals surface area contributed by atoms with E-state index in [4.69, 9.17) is 9.47 Å². The van der Waals surface area contributed by atoms with Crippen molar-refractivity contribution in [3.63, 3.8) is 0 Å². The Morgan fingerprint density at radius 1 is 1.29 bits per heavy atom. The molecule has 1 aromatic rings. The molecule has 1 N–H and O–H groups in total. The highest BCUT2D eigenvalue weighted by molar-refractivity contribution is 5.34. The summed E-state index contributed by atoms with van der Waals surface area (Å²) in [5.41, 5.74) is 3.85. The van der Waals surface area contributed by atoms with Crippen molar-refractivity contribution in [1.29, 1.82) is 0 Å². The molecule has 3 nitrogen and oxygen atoms in total. The van der Waals surface area contributed by atoms with E-state index in [1.54, 1.807) is 0 Å². The molecule has 1 aromatic carbocycles. The van der Waals surface area contributed by atoms with Gasteiger partial charge in [-0.3, -0.25) is 0 Å². The fourth-order valence-electron chi connectivity index (χ4n) is 3.35. The Hall–Kier alpha value is -0.900. The molecule has 0 amide bonds. The Labute approximate surface area is 129 Å². The second-order valence-corrected chi connectivity index (χ2v) is 6.13. The van der Waals surface area contributed by atoms with Crippen LogP contribution in [0, 0.1) is 13.8 Å². The van der Waals surface area contributed by atoms with Gasteiger partial charge in [-0.05, 0) is 37.9 Å². The minimum absolute atomic E-state index is 0.159. The van der Waals surface area contributed by atoms with E-state index in [-0.39, 0.29) is 11.6 Å². The summed E-state index contributed by atoms with van der Waals surface area (Å²) in [6.45, 7) is 9.11. The van der Waals surface area contributed by atoms with Gasteiger partial charge in [0.1, 0.15) is 0 Å². The maximum Gasteiger partial charge on any atom is 0.0916 e. The third kappa shape index (κ3) is 3.65. The van der Waals surface area contributed by atoms with Crippen molar-refractivity contribution in [2.24, 2.45) is 0 Å². The molecule has 2 rings (SSSR count). The van der Waals surface area contributed by atoms with Crippen molar-refractivity contribution in [3.8, 4) is 0 Å². The largest absolute Gasteiger partial charge is 0.381 e. The highest BCUT2D eigenvalue weighted by atomic mass is 16.5. The fraction of sp³-hybridized carbons (Fsp3) is 0.667. The quantitative estimate of drug-likeness (QED) is 0.869. The van der Waals surface area contributed by atoms with Crippen LogP contribution < -0.4 is 5.32 Å². The summed E-state index contributed by atoms with van der Waals surface area (Å²) in [6.07, 6.45) is 3.01. The number of aryl methyl sites for hydroxylation is 2. The summed E-state index contributed by atoms with van der Waals surface area (Å²) in [4.78, 5) is 0. The second-order valence-electron chi connectivity index (χ2n) is 6.13. The van der Waals surface area contributed by atoms with E-state index in [1.807, 2.05) is 7.11 Å². The third-order valence-corrected chi connectivity index (χ3v) is 4.61. The highest BCUT2D eigenvalue weighted by Gasteiger charge is 2.41. The molecule has 0 saturated carbocycles. The molecule has 1 aliphatic rings. The average molecular weight is 291 g/mol. The van der Waals surface area contributed by atoms with Gasteiger partial charge >= 0.3 is 0 Å². The van der Waals surface area contributed by atoms with Crippen molar-refractivity contribution in [3.05, 3.63) is 34.9 Å². The van der Waals surface area contributed by atoms with Crippen LogP contribution in [0.1, 0.15) is 48.9 Å². The fourth-order valence-corrected chi connectivity index (χ4v) is 3.35. The lowest BCUT2D eigenvalue weighted by Crippen LogP contribution is -2.49. The van der Waals surface area contributed by atoms with Crippen molar-refractivity contribution < 1.29 is 9.47 Å². The lowest BCUT2D eigenvalue weighted by molar-refractivity contribution is -0.111. The van der Waals surface area contributed by atoms with Gasteiger partial charge in [0.05, 0.1) is 11.6 Å². The van der Waals surface area contributed by atoms with Crippen molar-refractivity contribution in [2.75, 3.05) is 26.9 Å². The van der Waals surface area contributed by atoms with Crippen LogP contribution in [0.2, 0.25) is 0 Å². The molecule has 1 unspecified atom stereocenters. The van der Waals surface area contributed by atoms with Gasteiger partial charge in [0, 0.05) is 33.2 Å². The SMILES string of the molecule is CCCNC(c1ccc(C)cc1C)C1(OC)CCOCC1. The van der Waals surface area contributed by atoms with E-state index >= 15 is 0 Å². The van der Waals surface area contributed by atoms with Crippen LogP contribution in [0.15, 0.2) is 18.2 Å². The highest BCUT2D eigenvalue weighted by Crippen LogP contribution is 2.38. The maximum atomic E-state index is 6.04. The van der Waals surface area contributed by atoms with E-state index in [0.29, 0.717) is 0 Å². The zero-order valence-corrected chi connectivity index (χ0v) is 13.9. The summed E-state index contributed by atoms with van der Waals surface area (Å²) in [7, 11) is 1.84. The summed E-state index contributed by atoms with van der Waals surface area (Å²) in [5, 5.41) is 3.73. The van der Waals surface area contributed by atoms with Gasteiger partial charge in [0.25, 0.3) is 0 Å². The van der Waals surface area contributed by atoms with Crippen LogP contribution in [0.4, 0.5) is 0 Å². The molecular formula is C18H29NO2. The molecule has 0 aromatic heterocycles. The van der Waals surface area contributed by atoms with Crippen LogP contribution in [-0.4, -0.2) is 32.5 Å². The Balaban J connectivity index is 2.36. The van der Waals surface area contributed by atoms with Gasteiger partial charge in [-0.25, -0.2) is 0 Å². The number of hydrogen-bond acceptors (Lipinski definition) is 3. The summed E-state index contributed by atoms with van der Waals surface area (Å²) >= 11 is 0. The normalized spacial score (nSPS) is 19.4. The van der Waals surface area contributed by atoms with E-state index in [0.717, 1.165) is 39.0 Å². The first-order chi connectivity index (χ1) is 10.1. The zero-order valence-electron chi connectivity index (χ0n) is 13.9. The van der Waals surface area contributed by atoms with Gasteiger partial charge in [-0.1, -0.05) is 30.7 Å². The molecular weight excluding hydrogens is 262 g/mol. The van der Waals surface area contributed by atoms with Gasteiger partial charge in [-0.15, -0.1) is 0 Å². The van der Waals surface area contributed by atoms with Crippen molar-refractivity contribution >= 4 is 0 Å². The first-order valence-electron chi connectivity index (χ1n) is 8.06. The molecule has 1 heterocycles. The van der Waals surface area contributed by atoms with E-state index < -0.39 is 0 Å². The Morgan fingerprint density at radius 2 is 2.00 bits per heavy atom. The van der Waals surface area contributed by atoms with E-state index in [1.165, 1.54) is 16.7 Å². The lowest BCUT2D eigenvalue weighted by Gasteiger charge is -2.43. The number of hydrogen-bond donors (Lipinski definition) is 1. The summed E-state index contributed by atoms with van der Waals surface area (Å²) in [6, 6.07) is 6.95. The third-order valence-electron chi connectivity index (χ3n) is 4.61. The lowest BCUT2D eigenvalue weighted by atomic mass is 9.80. The van der Waals surface area contributed by atoms with Crippen LogP contribution >= 0.6 is 0 Å². The van der Waals surface area contributed by atoms with Crippen LogP contribution in [0.25, 0.3) is 0 Å². The standard InChI is InChI=1S/C18H29NO2/c1-5-10-19-17(16-7-6-14(2)13-15(16)3)18(20-4)8-11-21-12-9-18/h6-7,13,17,19H,5,8-12H2,1-4H3. The molecule has 1 fully saturated rings. The molecule has 0 aliphatic carbocycles. The Kier molecular flexibility index (Phi) is 5.80. The minimum atomic E-state index is -0.159. The predicted octanol–water partition coefficient (Wildman–Crippen LogP) is 3.54. The number of ether oxygens (including phenoxy) is 2. The molecule has 0 bridgehead atoms. The first kappa shape index (κ1) is 16.5. The molecule has 118 valence electrons. The number of benzene rings is 1. The van der Waals surface area contributed by atoms with Crippen LogP contribution in [0.5, 0.6) is 0 Å². The zero-order chi connectivity index (χ0) is 15.3. The molecule has 3 heteroatoms. The van der Waals surface area contributed by atoms with Gasteiger partial charge < -0.3 is 14.8 Å². The molecule has 1 aliphatic heterocycles. The first-order valence-corrected chi connectivity index (χ1v) is 8.06. The molecule has 1 atom stereocenters. The number of nitrogens with one attached hydrogen (secondary N) is 1. The van der Waals surface area contributed by atoms with Gasteiger partial charge in [0.15, 0.2) is 0 Å². The molecule has 0 radical (unpaired) electrons. The van der Waals surface area contributed by atoms with E-state index in [9.17, 15) is 0 Å². The summed E-state index contributed by atoms with van der Waals surface area (Å²) in [5.74, 6) is 0. The summed E-state index contributed by atoms with van der Waals surface area (Å²) < 4.78 is 11.6. The van der Waals surface area contributed by atoms with Gasteiger partial charge in [0.2, 0.25) is 0 Å². The van der Waals surface area contributed by atoms with Crippen LogP contribution in [-0.2, 0) is 9.47 Å². The van der Waals surface area contributed by atoms with Crippen molar-refractivity contribution in [2.45, 2.75) is 51.7 Å². The predicted molar refractivity (Wildman–Crippen MR) is 86.7 cm³/mol. The number of methoxy groups -OCH3 is 1. The van der Waals surface area contributed by atoms with Crippen LogP contribution in [0.3, 0.4) is 0 Å².